The van der Waals surface area contributed by atoms with E-state index < -0.39 is 4.92 Å². The highest BCUT2D eigenvalue weighted by molar-refractivity contribution is 6.31. The van der Waals surface area contributed by atoms with Gasteiger partial charge in [0, 0.05) is 6.07 Å². The maximum absolute atomic E-state index is 10.6. The molecule has 4 nitrogen and oxygen atoms in total. The zero-order valence-electron chi connectivity index (χ0n) is 6.57. The minimum atomic E-state index is -0.442. The third-order valence-electron chi connectivity index (χ3n) is 1.88. The predicted molar refractivity (Wildman–Crippen MR) is 46.8 cm³/mol. The van der Waals surface area contributed by atoms with Crippen molar-refractivity contribution in [3.8, 4) is 0 Å². The molecule has 1 heterocycles. The van der Waals surface area contributed by atoms with Crippen LogP contribution in [0.25, 0.3) is 0 Å². The second kappa shape index (κ2) is 2.97. The topological polar surface area (TPSA) is 55.7 Å². The summed E-state index contributed by atoms with van der Waals surface area (Å²) in [6.45, 7) is 0.518. The summed E-state index contributed by atoms with van der Waals surface area (Å²) in [5, 5.41) is 11.0. The molecule has 1 unspecified atom stereocenters. The Balaban J connectivity index is 2.53. The SMILES string of the molecule is O=[N+]([O-])c1cccc(Cl)c1C1CO1. The molecule has 0 radical (unpaired) electrons. The number of nitro benzene ring substituents is 1. The third-order valence-corrected chi connectivity index (χ3v) is 2.21. The zero-order chi connectivity index (χ0) is 9.42. The number of nitrogens with zero attached hydrogens (tertiary/aromatic N) is 1. The lowest BCUT2D eigenvalue weighted by Gasteiger charge is -2.00. The second-order valence-corrected chi connectivity index (χ2v) is 3.16. The Labute approximate surface area is 79.2 Å². The zero-order valence-corrected chi connectivity index (χ0v) is 7.32. The largest absolute Gasteiger partial charge is 0.368 e. The molecule has 0 spiro atoms. The van der Waals surface area contributed by atoms with Crippen LogP contribution in [0.1, 0.15) is 11.7 Å². The van der Waals surface area contributed by atoms with Gasteiger partial charge < -0.3 is 4.74 Å². The van der Waals surface area contributed by atoms with Gasteiger partial charge in [-0.3, -0.25) is 10.1 Å². The van der Waals surface area contributed by atoms with E-state index in [1.807, 2.05) is 0 Å². The monoisotopic (exact) mass is 199 g/mol. The number of halogens is 1. The molecule has 0 bridgehead atoms. The molecule has 1 aliphatic heterocycles. The molecule has 2 rings (SSSR count). The van der Waals surface area contributed by atoms with Crippen molar-refractivity contribution in [3.63, 3.8) is 0 Å². The Hall–Kier alpha value is -1.13. The average molecular weight is 200 g/mol. The highest BCUT2D eigenvalue weighted by Gasteiger charge is 2.33. The molecular weight excluding hydrogens is 194 g/mol. The Morgan fingerprint density at radius 3 is 2.85 bits per heavy atom. The molecule has 1 aromatic carbocycles. The molecule has 68 valence electrons. The summed E-state index contributed by atoms with van der Waals surface area (Å²) >= 11 is 5.82. The van der Waals surface area contributed by atoms with Gasteiger partial charge in [0.2, 0.25) is 0 Å². The van der Waals surface area contributed by atoms with Crippen molar-refractivity contribution in [2.24, 2.45) is 0 Å². The molecule has 0 aliphatic carbocycles. The minimum absolute atomic E-state index is 0.0370. The van der Waals surface area contributed by atoms with Crippen molar-refractivity contribution in [1.29, 1.82) is 0 Å². The fraction of sp³-hybridized carbons (Fsp3) is 0.250. The Kier molecular flexibility index (Phi) is 1.94. The van der Waals surface area contributed by atoms with E-state index in [-0.39, 0.29) is 11.8 Å². The van der Waals surface area contributed by atoms with Gasteiger partial charge in [-0.2, -0.15) is 0 Å². The fourth-order valence-corrected chi connectivity index (χ4v) is 1.51. The van der Waals surface area contributed by atoms with Crippen molar-refractivity contribution in [3.05, 3.63) is 38.9 Å². The lowest BCUT2D eigenvalue weighted by atomic mass is 10.1. The molecule has 1 fully saturated rings. The number of epoxide rings is 1. The van der Waals surface area contributed by atoms with Crippen LogP contribution in [0.2, 0.25) is 5.02 Å². The number of nitro groups is 1. The van der Waals surface area contributed by atoms with Crippen LogP contribution in [0.3, 0.4) is 0 Å². The molecule has 0 N–H and O–H groups in total. The van der Waals surface area contributed by atoms with Crippen molar-refractivity contribution in [2.45, 2.75) is 6.10 Å². The van der Waals surface area contributed by atoms with Crippen LogP contribution in [-0.2, 0) is 4.74 Å². The van der Waals surface area contributed by atoms with E-state index in [9.17, 15) is 10.1 Å². The van der Waals surface area contributed by atoms with Gasteiger partial charge >= 0.3 is 0 Å². The van der Waals surface area contributed by atoms with Crippen molar-refractivity contribution < 1.29 is 9.66 Å². The van der Waals surface area contributed by atoms with Crippen LogP contribution >= 0.6 is 11.6 Å². The second-order valence-electron chi connectivity index (χ2n) is 2.75. The van der Waals surface area contributed by atoms with Crippen LogP contribution < -0.4 is 0 Å². The summed E-state index contributed by atoms with van der Waals surface area (Å²) in [6.07, 6.45) is -0.186. The lowest BCUT2D eigenvalue weighted by Crippen LogP contribution is -1.94. The van der Waals surface area contributed by atoms with Gasteiger partial charge in [-0.1, -0.05) is 17.7 Å². The third kappa shape index (κ3) is 1.50. The molecule has 1 saturated heterocycles. The van der Waals surface area contributed by atoms with Crippen molar-refractivity contribution >= 4 is 17.3 Å². The number of rotatable bonds is 2. The Bertz CT molecular complexity index is 362. The first-order valence-corrected chi connectivity index (χ1v) is 4.12. The first-order chi connectivity index (χ1) is 6.20. The standard InChI is InChI=1S/C8H6ClNO3/c9-5-2-1-3-6(10(11)12)8(5)7-4-13-7/h1-3,7H,4H2. The van der Waals surface area contributed by atoms with Crippen molar-refractivity contribution in [2.75, 3.05) is 6.61 Å². The maximum atomic E-state index is 10.6. The number of ether oxygens (including phenoxy) is 1. The number of hydrogen-bond acceptors (Lipinski definition) is 3. The highest BCUT2D eigenvalue weighted by atomic mass is 35.5. The summed E-state index contributed by atoms with van der Waals surface area (Å²) < 4.78 is 4.98. The van der Waals surface area contributed by atoms with Gasteiger partial charge in [0.1, 0.15) is 6.10 Å². The average Bonchev–Trinajstić information content (AvgIpc) is 2.86. The van der Waals surface area contributed by atoms with E-state index in [4.69, 9.17) is 16.3 Å². The molecule has 0 aromatic heterocycles. The molecule has 13 heavy (non-hydrogen) atoms. The number of benzene rings is 1. The Morgan fingerprint density at radius 2 is 2.31 bits per heavy atom. The van der Waals surface area contributed by atoms with Gasteiger partial charge in [-0.15, -0.1) is 0 Å². The Morgan fingerprint density at radius 1 is 1.62 bits per heavy atom. The van der Waals surface area contributed by atoms with E-state index in [1.54, 1.807) is 12.1 Å². The molecular formula is C8H6ClNO3. The van der Waals surface area contributed by atoms with Gasteiger partial charge in [0.05, 0.1) is 22.1 Å². The van der Waals surface area contributed by atoms with Crippen LogP contribution in [0, 0.1) is 10.1 Å². The van der Waals surface area contributed by atoms with Crippen LogP contribution in [0.5, 0.6) is 0 Å². The van der Waals surface area contributed by atoms with E-state index in [0.29, 0.717) is 17.2 Å². The summed E-state index contributed by atoms with van der Waals surface area (Å²) in [5.74, 6) is 0. The quantitative estimate of drug-likeness (QED) is 0.417. The van der Waals surface area contributed by atoms with E-state index in [1.165, 1.54) is 6.07 Å². The molecule has 1 aromatic rings. The van der Waals surface area contributed by atoms with Gasteiger partial charge in [-0.05, 0) is 6.07 Å². The summed E-state index contributed by atoms with van der Waals surface area (Å²) in [6, 6.07) is 4.63. The predicted octanol–water partition coefficient (Wildman–Crippen LogP) is 2.32. The van der Waals surface area contributed by atoms with E-state index >= 15 is 0 Å². The molecule has 1 aliphatic rings. The van der Waals surface area contributed by atoms with E-state index in [0.717, 1.165) is 0 Å². The summed E-state index contributed by atoms with van der Waals surface area (Å²) in [7, 11) is 0. The van der Waals surface area contributed by atoms with Gasteiger partial charge in [0.25, 0.3) is 5.69 Å². The molecule has 1 atom stereocenters. The van der Waals surface area contributed by atoms with Crippen LogP contribution in [-0.4, -0.2) is 11.5 Å². The fourth-order valence-electron chi connectivity index (χ4n) is 1.22. The minimum Gasteiger partial charge on any atom is -0.368 e. The summed E-state index contributed by atoms with van der Waals surface area (Å²) in [5.41, 5.74) is 0.532. The first kappa shape index (κ1) is 8.47. The smallest absolute Gasteiger partial charge is 0.276 e. The van der Waals surface area contributed by atoms with Crippen LogP contribution in [0.15, 0.2) is 18.2 Å². The lowest BCUT2D eigenvalue weighted by molar-refractivity contribution is -0.385. The van der Waals surface area contributed by atoms with Gasteiger partial charge in [-0.25, -0.2) is 0 Å². The molecule has 0 saturated carbocycles. The molecule has 0 amide bonds. The first-order valence-electron chi connectivity index (χ1n) is 3.74. The van der Waals surface area contributed by atoms with Crippen LogP contribution in [0.4, 0.5) is 5.69 Å². The highest BCUT2D eigenvalue weighted by Crippen LogP contribution is 2.40. The van der Waals surface area contributed by atoms with Crippen molar-refractivity contribution in [1.82, 2.24) is 0 Å². The normalized spacial score (nSPS) is 19.9. The number of hydrogen-bond donors (Lipinski definition) is 0. The molecule has 5 heteroatoms. The van der Waals surface area contributed by atoms with E-state index in [2.05, 4.69) is 0 Å². The maximum Gasteiger partial charge on any atom is 0.276 e. The van der Waals surface area contributed by atoms with Gasteiger partial charge in [0.15, 0.2) is 0 Å². The summed E-state index contributed by atoms with van der Waals surface area (Å²) in [4.78, 5) is 10.2.